The van der Waals surface area contributed by atoms with Crippen LogP contribution in [0.5, 0.6) is 5.75 Å². The Morgan fingerprint density at radius 1 is 1.22 bits per heavy atom. The van der Waals surface area contributed by atoms with Gasteiger partial charge in [-0.25, -0.2) is 13.1 Å². The van der Waals surface area contributed by atoms with Crippen molar-refractivity contribution in [1.29, 1.82) is 0 Å². The number of nitrogens with zero attached hydrogens (tertiary/aromatic N) is 1. The molecule has 1 N–H and O–H groups in total. The van der Waals surface area contributed by atoms with Crippen LogP contribution < -0.4 is 9.46 Å². The summed E-state index contributed by atoms with van der Waals surface area (Å²) in [4.78, 5) is 2.12. The van der Waals surface area contributed by atoms with Crippen molar-refractivity contribution in [1.82, 2.24) is 9.62 Å². The van der Waals surface area contributed by atoms with Crippen molar-refractivity contribution < 1.29 is 13.2 Å². The molecule has 0 amide bonds. The molecule has 0 aliphatic carbocycles. The molecule has 0 spiro atoms. The first-order chi connectivity index (χ1) is 12.8. The van der Waals surface area contributed by atoms with Crippen LogP contribution in [0.15, 0.2) is 52.7 Å². The molecule has 0 fully saturated rings. The van der Waals surface area contributed by atoms with E-state index >= 15 is 0 Å². The van der Waals surface area contributed by atoms with Gasteiger partial charge >= 0.3 is 0 Å². The Bertz CT molecular complexity index is 1050. The molecule has 2 aromatic carbocycles. The van der Waals surface area contributed by atoms with Crippen LogP contribution in [0.25, 0.3) is 10.1 Å². The molecule has 0 radical (unpaired) electrons. The van der Waals surface area contributed by atoms with E-state index in [0.717, 1.165) is 10.9 Å². The summed E-state index contributed by atoms with van der Waals surface area (Å²) in [5.74, 6) is 0.437. The molecule has 8 heteroatoms. The third kappa shape index (κ3) is 4.28. The van der Waals surface area contributed by atoms with Crippen molar-refractivity contribution >= 4 is 43.0 Å². The molecule has 3 aromatic rings. The van der Waals surface area contributed by atoms with E-state index in [-0.39, 0.29) is 22.5 Å². The number of nitrogens with one attached hydrogen (secondary N) is 1. The van der Waals surface area contributed by atoms with Gasteiger partial charge in [-0.1, -0.05) is 29.8 Å². The number of hydrogen-bond acceptors (Lipinski definition) is 5. The van der Waals surface area contributed by atoms with Crippen LogP contribution in [0.4, 0.5) is 0 Å². The van der Waals surface area contributed by atoms with Gasteiger partial charge in [0, 0.05) is 17.3 Å². The average Bonchev–Trinajstić information content (AvgIpc) is 3.05. The topological polar surface area (TPSA) is 58.6 Å². The zero-order valence-corrected chi connectivity index (χ0v) is 17.7. The summed E-state index contributed by atoms with van der Waals surface area (Å²) in [6, 6.07) is 12.5. The van der Waals surface area contributed by atoms with E-state index in [4.69, 9.17) is 16.3 Å². The zero-order chi connectivity index (χ0) is 19.6. The van der Waals surface area contributed by atoms with Crippen LogP contribution in [0.3, 0.4) is 0 Å². The maximum Gasteiger partial charge on any atom is 0.240 e. The molecule has 27 heavy (non-hydrogen) atoms. The summed E-state index contributed by atoms with van der Waals surface area (Å²) in [6.07, 6.45) is 0. The molecule has 0 saturated carbocycles. The standard InChI is InChI=1S/C19H21ClN2O3S2/c1-22(2)17(15-12-26-19-7-5-4-6-14(15)19)11-21-27(23,24)13-8-9-18(25-3)16(20)10-13/h4-10,12,17,21H,11H2,1-3H3/t17-/m1/s1. The van der Waals surface area contributed by atoms with Crippen molar-refractivity contribution in [2.24, 2.45) is 0 Å². The van der Waals surface area contributed by atoms with Gasteiger partial charge in [0.05, 0.1) is 17.0 Å². The lowest BCUT2D eigenvalue weighted by Gasteiger charge is -2.24. The van der Waals surface area contributed by atoms with Crippen molar-refractivity contribution in [2.45, 2.75) is 10.9 Å². The number of methoxy groups -OCH3 is 1. The van der Waals surface area contributed by atoms with Crippen LogP contribution in [-0.4, -0.2) is 41.1 Å². The Balaban J connectivity index is 1.85. The number of rotatable bonds is 7. The Morgan fingerprint density at radius 3 is 2.63 bits per heavy atom. The molecule has 0 aliphatic rings. The minimum absolute atomic E-state index is 0.0929. The van der Waals surface area contributed by atoms with Crippen LogP contribution >= 0.6 is 22.9 Å². The normalized spacial score (nSPS) is 13.2. The van der Waals surface area contributed by atoms with Crippen LogP contribution in [0.1, 0.15) is 11.6 Å². The SMILES string of the molecule is COc1ccc(S(=O)(=O)NC[C@H](c2csc3ccccc23)N(C)C)cc1Cl. The Kier molecular flexibility index (Phi) is 6.08. The third-order valence-corrected chi connectivity index (χ3v) is 7.09. The summed E-state index contributed by atoms with van der Waals surface area (Å²) < 4.78 is 34.4. The molecule has 0 unspecified atom stereocenters. The number of sulfonamides is 1. The fourth-order valence-corrected chi connectivity index (χ4v) is 5.31. The second-order valence-corrected chi connectivity index (χ2v) is 9.40. The van der Waals surface area contributed by atoms with Gasteiger partial charge in [-0.2, -0.15) is 0 Å². The molecule has 1 aromatic heterocycles. The van der Waals surface area contributed by atoms with Crippen molar-refractivity contribution in [3.8, 4) is 5.75 Å². The van der Waals surface area contributed by atoms with E-state index in [1.54, 1.807) is 17.4 Å². The van der Waals surface area contributed by atoms with Crippen molar-refractivity contribution in [2.75, 3.05) is 27.7 Å². The predicted molar refractivity (Wildman–Crippen MR) is 111 cm³/mol. The maximum absolute atomic E-state index is 12.7. The molecule has 5 nitrogen and oxygen atoms in total. The van der Waals surface area contributed by atoms with Crippen LogP contribution in [0.2, 0.25) is 5.02 Å². The number of ether oxygens (including phenoxy) is 1. The Morgan fingerprint density at radius 2 is 1.96 bits per heavy atom. The Hall–Kier alpha value is -1.64. The Labute approximate surface area is 168 Å². The first kappa shape index (κ1) is 20.1. The molecule has 0 saturated heterocycles. The van der Waals surface area contributed by atoms with E-state index in [1.165, 1.54) is 23.9 Å². The van der Waals surface area contributed by atoms with Gasteiger partial charge in [0.25, 0.3) is 0 Å². The fourth-order valence-electron chi connectivity index (χ4n) is 2.91. The van der Waals surface area contributed by atoms with E-state index in [0.29, 0.717) is 5.75 Å². The summed E-state index contributed by atoms with van der Waals surface area (Å²) in [5.41, 5.74) is 1.11. The molecule has 1 atom stereocenters. The predicted octanol–water partition coefficient (Wildman–Crippen LogP) is 4.14. The number of likely N-dealkylation sites (N-methyl/N-ethyl adjacent to an activating group) is 1. The molecule has 0 aliphatic heterocycles. The van der Waals surface area contributed by atoms with Gasteiger partial charge in [0.2, 0.25) is 10.0 Å². The minimum atomic E-state index is -3.69. The van der Waals surface area contributed by atoms with Gasteiger partial charge in [-0.05, 0) is 54.7 Å². The first-order valence-corrected chi connectivity index (χ1v) is 11.0. The lowest BCUT2D eigenvalue weighted by atomic mass is 10.1. The van der Waals surface area contributed by atoms with E-state index < -0.39 is 10.0 Å². The second kappa shape index (κ2) is 8.16. The van der Waals surface area contributed by atoms with Gasteiger partial charge in [0.15, 0.2) is 0 Å². The van der Waals surface area contributed by atoms with Gasteiger partial charge in [0.1, 0.15) is 5.75 Å². The highest BCUT2D eigenvalue weighted by Crippen LogP contribution is 2.32. The van der Waals surface area contributed by atoms with Crippen molar-refractivity contribution in [3.63, 3.8) is 0 Å². The van der Waals surface area contributed by atoms with Crippen LogP contribution in [-0.2, 0) is 10.0 Å². The number of hydrogen-bond donors (Lipinski definition) is 1. The third-order valence-electron chi connectivity index (χ3n) is 4.39. The number of benzene rings is 2. The average molecular weight is 425 g/mol. The van der Waals surface area contributed by atoms with Crippen LogP contribution in [0, 0.1) is 0 Å². The highest BCUT2D eigenvalue weighted by atomic mass is 35.5. The summed E-state index contributed by atoms with van der Waals surface area (Å²) in [7, 11) is 1.67. The number of halogens is 1. The summed E-state index contributed by atoms with van der Waals surface area (Å²) in [5, 5.41) is 3.50. The smallest absolute Gasteiger partial charge is 0.240 e. The fraction of sp³-hybridized carbons (Fsp3) is 0.263. The summed E-state index contributed by atoms with van der Waals surface area (Å²) in [6.45, 7) is 0.250. The van der Waals surface area contributed by atoms with Crippen molar-refractivity contribution in [3.05, 3.63) is 58.4 Å². The lowest BCUT2D eigenvalue weighted by Crippen LogP contribution is -2.34. The molecule has 1 heterocycles. The summed E-state index contributed by atoms with van der Waals surface area (Å²) >= 11 is 7.73. The second-order valence-electron chi connectivity index (χ2n) is 6.31. The number of fused-ring (bicyclic) bond motifs is 1. The highest BCUT2D eigenvalue weighted by molar-refractivity contribution is 7.89. The van der Waals surface area contributed by atoms with E-state index in [9.17, 15) is 8.42 Å². The molecule has 0 bridgehead atoms. The quantitative estimate of drug-likeness (QED) is 0.619. The lowest BCUT2D eigenvalue weighted by molar-refractivity contribution is 0.301. The van der Waals surface area contributed by atoms with E-state index in [2.05, 4.69) is 22.2 Å². The molecular formula is C19H21ClN2O3S2. The largest absolute Gasteiger partial charge is 0.495 e. The maximum atomic E-state index is 12.7. The molecular weight excluding hydrogens is 404 g/mol. The van der Waals surface area contributed by atoms with Gasteiger partial charge < -0.3 is 9.64 Å². The van der Waals surface area contributed by atoms with Gasteiger partial charge in [-0.15, -0.1) is 11.3 Å². The first-order valence-electron chi connectivity index (χ1n) is 8.29. The molecule has 144 valence electrons. The zero-order valence-electron chi connectivity index (χ0n) is 15.3. The minimum Gasteiger partial charge on any atom is -0.495 e. The monoisotopic (exact) mass is 424 g/mol. The van der Waals surface area contributed by atoms with Gasteiger partial charge in [-0.3, -0.25) is 0 Å². The highest BCUT2D eigenvalue weighted by Gasteiger charge is 2.22. The van der Waals surface area contributed by atoms with E-state index in [1.807, 2.05) is 31.1 Å². The number of thiophene rings is 1. The molecule has 3 rings (SSSR count).